The van der Waals surface area contributed by atoms with Crippen molar-refractivity contribution in [3.05, 3.63) is 91.0 Å². The third kappa shape index (κ3) is 4.14. The van der Waals surface area contributed by atoms with Crippen LogP contribution in [0, 0.1) is 0 Å². The second-order valence-corrected chi connectivity index (χ2v) is 17.1. The molecule has 158 valence electrons. The van der Waals surface area contributed by atoms with Gasteiger partial charge in [-0.25, -0.2) is 0 Å². The Morgan fingerprint density at radius 1 is 0.833 bits per heavy atom. The number of hydrogen-bond acceptors (Lipinski definition) is 2. The Kier molecular flexibility index (Phi) is 6.75. The molecule has 0 radical (unpaired) electrons. The number of ether oxygens (including phenoxy) is 2. The van der Waals surface area contributed by atoms with Gasteiger partial charge in [-0.3, -0.25) is 0 Å². The molecule has 1 saturated heterocycles. The molecular weight excluding hydrogens is 455 g/mol. The van der Waals surface area contributed by atoms with Gasteiger partial charge in [-0.05, 0) is 0 Å². The van der Waals surface area contributed by atoms with Crippen LogP contribution in [-0.4, -0.2) is 25.2 Å². The summed E-state index contributed by atoms with van der Waals surface area (Å²) in [5.41, 5.74) is 0. The summed E-state index contributed by atoms with van der Waals surface area (Å²) in [4.78, 5) is 0. The summed E-state index contributed by atoms with van der Waals surface area (Å²) < 4.78 is 12.3. The van der Waals surface area contributed by atoms with Crippen molar-refractivity contribution in [2.24, 2.45) is 0 Å². The van der Waals surface area contributed by atoms with Crippen LogP contribution in [0.3, 0.4) is 0 Å². The Balaban J connectivity index is 1.85. The fraction of sp³-hybridized carbons (Fsp3) is 0.308. The molecule has 0 bridgehead atoms. The van der Waals surface area contributed by atoms with Crippen LogP contribution in [0.5, 0.6) is 0 Å². The van der Waals surface area contributed by atoms with Gasteiger partial charge in [0.2, 0.25) is 0 Å². The van der Waals surface area contributed by atoms with Crippen molar-refractivity contribution < 1.29 is 9.47 Å². The molecule has 4 heteroatoms. The summed E-state index contributed by atoms with van der Waals surface area (Å²) in [5, 5.41) is 1.00. The Bertz CT molecular complexity index is 828. The minimum atomic E-state index is -2.96. The molecule has 3 aromatic carbocycles. The van der Waals surface area contributed by atoms with E-state index in [2.05, 4.69) is 113 Å². The van der Waals surface area contributed by atoms with Crippen molar-refractivity contribution in [2.75, 3.05) is 12.8 Å². The number of benzene rings is 3. The van der Waals surface area contributed by atoms with E-state index in [1.165, 1.54) is 22.3 Å². The molecule has 0 aliphatic carbocycles. The summed E-state index contributed by atoms with van der Waals surface area (Å²) in [6, 6.07) is 32.7. The van der Waals surface area contributed by atoms with Gasteiger partial charge in [0.15, 0.2) is 0 Å². The fourth-order valence-corrected chi connectivity index (χ4v) is 12.9. The van der Waals surface area contributed by atoms with E-state index >= 15 is 0 Å². The maximum absolute atomic E-state index is 6.46. The number of hydrogen-bond donors (Lipinski definition) is 0. The molecule has 0 N–H and O–H groups in total. The Labute approximate surface area is 188 Å². The Morgan fingerprint density at radius 3 is 1.70 bits per heavy atom. The van der Waals surface area contributed by atoms with Crippen molar-refractivity contribution in [3.63, 3.8) is 0 Å². The van der Waals surface area contributed by atoms with E-state index in [-0.39, 0.29) is 12.4 Å². The molecule has 4 rings (SSSR count). The minimum absolute atomic E-state index is 0.0331. The average Bonchev–Trinajstić information content (AvgIpc) is 2.81. The van der Waals surface area contributed by atoms with Gasteiger partial charge < -0.3 is 0 Å². The van der Waals surface area contributed by atoms with Crippen LogP contribution in [0.2, 0.25) is 0 Å². The van der Waals surface area contributed by atoms with E-state index < -0.39 is 5.31 Å². The van der Waals surface area contributed by atoms with Gasteiger partial charge in [0.1, 0.15) is 0 Å². The fourth-order valence-electron chi connectivity index (χ4n) is 4.58. The van der Waals surface area contributed by atoms with Crippen LogP contribution in [0.25, 0.3) is 0 Å². The molecule has 2 atom stereocenters. The second-order valence-electron chi connectivity index (χ2n) is 8.11. The van der Waals surface area contributed by atoms with Crippen LogP contribution < -0.4 is 15.9 Å². The molecule has 2 unspecified atom stereocenters. The molecule has 1 aliphatic rings. The predicted octanol–water partition coefficient (Wildman–Crippen LogP) is 5.76. The van der Waals surface area contributed by atoms with Crippen LogP contribution >= 0.6 is 20.8 Å². The van der Waals surface area contributed by atoms with Crippen LogP contribution in [-0.2, 0) is 9.47 Å². The molecule has 1 aliphatic heterocycles. The molecular formula is C26H30BrO2P. The first-order chi connectivity index (χ1) is 14.6. The van der Waals surface area contributed by atoms with Crippen molar-refractivity contribution in [2.45, 2.75) is 38.6 Å². The first kappa shape index (κ1) is 21.7. The van der Waals surface area contributed by atoms with E-state index in [4.69, 9.17) is 9.47 Å². The molecule has 0 saturated carbocycles. The van der Waals surface area contributed by atoms with Gasteiger partial charge in [0.25, 0.3) is 0 Å². The molecule has 2 nitrogen and oxygen atoms in total. The standard InChI is InChI=1S/C26H30BrO2P/c1-22(29-26-19-11-12-20-28-26)21-30(27,23-13-5-2-6-14-23,24-15-7-3-8-16-24)25-17-9-4-10-18-25/h2-10,13-18,22,26H,11-12,19-21H2,1H3. The molecule has 0 spiro atoms. The zero-order valence-corrected chi connectivity index (χ0v) is 20.0. The molecule has 1 fully saturated rings. The van der Waals surface area contributed by atoms with E-state index in [9.17, 15) is 0 Å². The van der Waals surface area contributed by atoms with Crippen molar-refractivity contribution in [1.29, 1.82) is 0 Å². The first-order valence-electron chi connectivity index (χ1n) is 10.8. The Morgan fingerprint density at radius 2 is 1.30 bits per heavy atom. The molecule has 0 amide bonds. The zero-order chi connectivity index (χ0) is 20.9. The van der Waals surface area contributed by atoms with Crippen molar-refractivity contribution >= 4 is 36.7 Å². The Hall–Kier alpha value is -1.51. The van der Waals surface area contributed by atoms with Crippen LogP contribution in [0.15, 0.2) is 91.0 Å². The van der Waals surface area contributed by atoms with Gasteiger partial charge in [-0.1, -0.05) is 0 Å². The predicted molar refractivity (Wildman–Crippen MR) is 133 cm³/mol. The number of halogens is 1. The van der Waals surface area contributed by atoms with Crippen LogP contribution in [0.1, 0.15) is 26.2 Å². The van der Waals surface area contributed by atoms with E-state index in [1.807, 2.05) is 0 Å². The monoisotopic (exact) mass is 484 g/mol. The van der Waals surface area contributed by atoms with Gasteiger partial charge in [0, 0.05) is 0 Å². The quantitative estimate of drug-likeness (QED) is 0.397. The van der Waals surface area contributed by atoms with E-state index in [0.717, 1.165) is 25.6 Å². The van der Waals surface area contributed by atoms with Crippen LogP contribution in [0.4, 0.5) is 0 Å². The summed E-state index contributed by atoms with van der Waals surface area (Å²) in [7, 11) is 0. The van der Waals surface area contributed by atoms with Gasteiger partial charge in [-0.15, -0.1) is 0 Å². The summed E-state index contributed by atoms with van der Waals surface area (Å²) >= 11 is 4.49. The SMILES string of the molecule is CC(CP(Br)(c1ccccc1)(c1ccccc1)c1ccccc1)OC1CCCCO1. The molecule has 3 aromatic rings. The molecule has 30 heavy (non-hydrogen) atoms. The zero-order valence-electron chi connectivity index (χ0n) is 17.5. The van der Waals surface area contributed by atoms with E-state index in [1.54, 1.807) is 0 Å². The van der Waals surface area contributed by atoms with Crippen molar-refractivity contribution in [3.8, 4) is 0 Å². The normalized spacial score (nSPS) is 19.5. The van der Waals surface area contributed by atoms with Gasteiger partial charge in [0.05, 0.1) is 0 Å². The number of rotatable bonds is 7. The van der Waals surface area contributed by atoms with Gasteiger partial charge >= 0.3 is 189 Å². The molecule has 0 aromatic heterocycles. The topological polar surface area (TPSA) is 18.5 Å². The van der Waals surface area contributed by atoms with E-state index in [0.29, 0.717) is 0 Å². The summed E-state index contributed by atoms with van der Waals surface area (Å²) in [5.74, 6) is 0. The summed E-state index contributed by atoms with van der Waals surface area (Å²) in [6.07, 6.45) is 4.08. The average molecular weight is 485 g/mol. The second kappa shape index (κ2) is 9.32. The third-order valence-electron chi connectivity index (χ3n) is 6.01. The molecule has 1 heterocycles. The first-order valence-corrected chi connectivity index (χ1v) is 15.2. The maximum atomic E-state index is 6.46. The third-order valence-corrected chi connectivity index (χ3v) is 15.9. The van der Waals surface area contributed by atoms with Crippen molar-refractivity contribution in [1.82, 2.24) is 0 Å². The summed E-state index contributed by atoms with van der Waals surface area (Å²) in [6.45, 7) is 2.99. The van der Waals surface area contributed by atoms with Gasteiger partial charge in [-0.2, -0.15) is 0 Å².